The second-order valence-corrected chi connectivity index (χ2v) is 44.7. The van der Waals surface area contributed by atoms with E-state index in [1.807, 2.05) is 151 Å². The summed E-state index contributed by atoms with van der Waals surface area (Å²) in [6.07, 6.45) is 17.9. The molecule has 21 aromatic rings. The standard InChI is InChI=1S/C23H26N6O2S2.C22H24N6O2S2.C22H18N6OS2.C19H15N5OS2.C18H17N5OS2/c1-2-16-15(14-30)19-20(24-8-5-9-29-10-12-31-13-11-29)27-22(28-21(19)25-16)33-23-26-17-6-3-4-7-18(17)32-23;1-2-15-14(13-29)18-19(23-7-8-28-9-11-30-12-10-28)26-21(27-20(18)24-15)32-22-25-16-5-3-4-6-17(16)31-22;1-2-15-14(12-29)18-19(24-11-13-6-5-9-23-10-13)27-21(28-20(18)25-15)31-22-26-16-7-3-4-8-17(16)30-22;1-3-9-20-16-15-11(10-25)12(4-2)21-17(15)24-18(23-16)27-19-22-13-7-5-6-8-14(13)26-19;1-3-11-10(9-24)14-15(19-4-2)22-17(23-16(14)20-11)26-18-21-12-7-5-6-8-13(12)25-18/h3-4,6-7,14H,2,5,8-13H2,1H3,(H2,24,25,27,28);3-6,13H,2,7-12H2,1H3,(H2,23,24,26,27);3-10,12H,2,11H2,1H3,(H2,24,25,27,28);1,5-8,10H,4,9H2,2H3,(H2,20,21,23,24);5-9H,3-4H2,1-2H3,(H2,19,20,22,23). The number of morpholine rings is 2. The molecule has 2 aliphatic rings. The van der Waals surface area contributed by atoms with Crippen LogP contribution in [0.3, 0.4) is 0 Å². The van der Waals surface area contributed by atoms with Gasteiger partial charge in [0.15, 0.2) is 78.9 Å². The van der Waals surface area contributed by atoms with Gasteiger partial charge in [-0.05, 0) is 183 Å². The van der Waals surface area contributed by atoms with Gasteiger partial charge in [-0.15, -0.1) is 63.1 Å². The Labute approximate surface area is 895 Å². The number of H-pyrrole nitrogens is 5. The van der Waals surface area contributed by atoms with Crippen molar-refractivity contribution in [1.82, 2.24) is 114 Å². The van der Waals surface area contributed by atoms with E-state index in [4.69, 9.17) is 50.8 Å². The summed E-state index contributed by atoms with van der Waals surface area (Å²) in [5.74, 6) is 5.78. The molecule has 0 atom stereocenters. The molecule has 0 amide bonds. The molecule has 18 heterocycles. The average Bonchev–Trinajstić information content (AvgIpc) is 1.64. The van der Waals surface area contributed by atoms with Crippen molar-refractivity contribution in [2.24, 2.45) is 0 Å². The lowest BCUT2D eigenvalue weighted by Gasteiger charge is -2.26. The van der Waals surface area contributed by atoms with Crippen molar-refractivity contribution in [2.75, 3.05) is 118 Å². The third-order valence-corrected chi connectivity index (χ3v) is 33.9. The number of rotatable bonds is 36. The normalized spacial score (nSPS) is 12.8. The quantitative estimate of drug-likeness (QED) is 0.00754. The fourth-order valence-electron chi connectivity index (χ4n) is 17.0. The molecule has 149 heavy (non-hydrogen) atoms. The Bertz CT molecular complexity index is 8260. The summed E-state index contributed by atoms with van der Waals surface area (Å²) in [7, 11) is 0. The predicted molar refractivity (Wildman–Crippen MR) is 601 cm³/mol. The molecule has 0 bridgehead atoms. The Balaban J connectivity index is 0.000000117. The largest absolute Gasteiger partial charge is 0.379 e. The maximum absolute atomic E-state index is 11.9. The minimum Gasteiger partial charge on any atom is -0.379 e. The number of pyridine rings is 1. The van der Waals surface area contributed by atoms with Gasteiger partial charge in [0.1, 0.15) is 57.3 Å². The number of aryl methyl sites for hydroxylation is 5. The summed E-state index contributed by atoms with van der Waals surface area (Å²) < 4.78 is 20.9. The van der Waals surface area contributed by atoms with Crippen LogP contribution in [0.5, 0.6) is 0 Å². The highest BCUT2D eigenvalue weighted by Crippen LogP contribution is 2.43. The number of anilines is 5. The number of hydrogen-bond donors (Lipinski definition) is 10. The molecule has 23 rings (SSSR count). The third kappa shape index (κ3) is 24.4. The number of thiazole rings is 5. The number of carbonyl (C=O) groups excluding carboxylic acids is 5. The molecule has 758 valence electrons. The maximum Gasteiger partial charge on any atom is 0.198 e. The first-order chi connectivity index (χ1) is 73.2. The molecule has 0 unspecified atom stereocenters. The highest BCUT2D eigenvalue weighted by molar-refractivity contribution is 8.02. The first-order valence-electron chi connectivity index (χ1n) is 48.4. The summed E-state index contributed by atoms with van der Waals surface area (Å²) >= 11 is 15.2. The molecule has 2 aliphatic heterocycles. The van der Waals surface area contributed by atoms with E-state index in [2.05, 4.69) is 136 Å². The number of hydrogen-bond acceptors (Lipinski definition) is 40. The molecule has 10 N–H and O–H groups in total. The van der Waals surface area contributed by atoms with Crippen LogP contribution in [0.1, 0.15) is 134 Å². The molecular formula is C104H100N28O7S10. The van der Waals surface area contributed by atoms with Gasteiger partial charge in [-0.1, -0.05) is 107 Å². The molecule has 5 aromatic carbocycles. The summed E-state index contributed by atoms with van der Waals surface area (Å²) in [5, 5.41) is 23.3. The van der Waals surface area contributed by atoms with Gasteiger partial charge in [0.25, 0.3) is 0 Å². The van der Waals surface area contributed by atoms with Gasteiger partial charge >= 0.3 is 0 Å². The third-order valence-electron chi connectivity index (χ3n) is 24.1. The Hall–Kier alpha value is -13.7. The van der Waals surface area contributed by atoms with E-state index in [0.717, 1.165) is 259 Å². The number of fused-ring (bicyclic) bond motifs is 10. The molecule has 45 heteroatoms. The zero-order chi connectivity index (χ0) is 103. The Morgan fingerprint density at radius 1 is 0.349 bits per heavy atom. The molecule has 0 spiro atoms. The van der Waals surface area contributed by atoms with E-state index in [0.29, 0.717) is 154 Å². The monoisotopic (exact) mass is 2170 g/mol. The van der Waals surface area contributed by atoms with Gasteiger partial charge in [-0.3, -0.25) is 38.8 Å². The fraction of sp³-hybridized carbons (Fsp3) is 0.260. The van der Waals surface area contributed by atoms with Gasteiger partial charge in [-0.25, -0.2) is 74.8 Å². The number of benzene rings is 5. The Kier molecular flexibility index (Phi) is 34.6. The van der Waals surface area contributed by atoms with E-state index in [-0.39, 0.29) is 0 Å². The van der Waals surface area contributed by atoms with Crippen molar-refractivity contribution in [3.63, 3.8) is 0 Å². The van der Waals surface area contributed by atoms with E-state index >= 15 is 0 Å². The second kappa shape index (κ2) is 49.6. The lowest BCUT2D eigenvalue weighted by atomic mass is 10.1. The first kappa shape index (κ1) is 104. The van der Waals surface area contributed by atoms with Crippen molar-refractivity contribution >= 4 is 282 Å². The minimum atomic E-state index is 0.308. The number of aromatic nitrogens is 21. The van der Waals surface area contributed by atoms with Crippen LogP contribution >= 0.6 is 115 Å². The van der Waals surface area contributed by atoms with Crippen LogP contribution in [0.4, 0.5) is 29.1 Å². The SMILES string of the molecule is C#CCNc1nc(Sc2nc3ccccc3s2)nc2[nH]c(CC)c(C=O)c12.CCNc1nc(Sc2nc3ccccc3s2)nc2[nH]c(CC)c(C=O)c12.CCc1[nH]c2nc(Sc3nc4ccccc4s3)nc(NCCCN3CCOCC3)c2c1C=O.CCc1[nH]c2nc(Sc3nc4ccccc4s3)nc(NCCN3CCOCC3)c2c1C=O.CCc1[nH]c2nc(Sc3nc4ccccc4s3)nc(NCc3cccnc3)c2c1C=O. The van der Waals surface area contributed by atoms with Crippen LogP contribution in [-0.4, -0.2) is 238 Å². The second-order valence-electron chi connectivity index (χ2n) is 33.5. The predicted octanol–water partition coefficient (Wildman–Crippen LogP) is 21.8. The average molecular weight is 2170 g/mol. The zero-order valence-electron chi connectivity index (χ0n) is 81.7. The number of aromatic amines is 5. The summed E-state index contributed by atoms with van der Waals surface area (Å²) in [6, 6.07) is 44.1. The van der Waals surface area contributed by atoms with Crippen LogP contribution in [0.2, 0.25) is 0 Å². The van der Waals surface area contributed by atoms with Crippen LogP contribution < -0.4 is 26.6 Å². The summed E-state index contributed by atoms with van der Waals surface area (Å²) in [5.41, 5.74) is 16.6. The summed E-state index contributed by atoms with van der Waals surface area (Å²) in [6.45, 7) is 24.0. The van der Waals surface area contributed by atoms with Gasteiger partial charge in [0, 0.05) is 128 Å². The number of terminal acetylenes is 1. The fourth-order valence-corrected chi connectivity index (χ4v) is 26.6. The smallest absolute Gasteiger partial charge is 0.198 e. The number of ether oxygens (including phenoxy) is 2. The first-order valence-corrected chi connectivity index (χ1v) is 56.6. The van der Waals surface area contributed by atoms with Crippen LogP contribution in [0.15, 0.2) is 193 Å². The number of para-hydroxylation sites is 5. The van der Waals surface area contributed by atoms with Gasteiger partial charge < -0.3 is 61.0 Å². The molecular weight excluding hydrogens is 2070 g/mol. The number of carbonyl (C=O) groups is 5. The zero-order valence-corrected chi connectivity index (χ0v) is 89.8. The lowest BCUT2D eigenvalue weighted by molar-refractivity contribution is 0.0378. The van der Waals surface area contributed by atoms with Crippen LogP contribution in [-0.2, 0) is 48.1 Å². The highest BCUT2D eigenvalue weighted by Gasteiger charge is 2.28. The topological polar surface area (TPSA) is 456 Å². The molecule has 2 fully saturated rings. The van der Waals surface area contributed by atoms with Crippen LogP contribution in [0.25, 0.3) is 106 Å². The van der Waals surface area contributed by atoms with E-state index in [9.17, 15) is 24.0 Å². The minimum absolute atomic E-state index is 0.308. The van der Waals surface area contributed by atoms with Gasteiger partial charge in [0.2, 0.25) is 0 Å². The van der Waals surface area contributed by atoms with Crippen molar-refractivity contribution in [3.05, 3.63) is 208 Å². The molecule has 0 saturated carbocycles. The Morgan fingerprint density at radius 2 is 0.638 bits per heavy atom. The molecule has 0 radical (unpaired) electrons. The van der Waals surface area contributed by atoms with Crippen molar-refractivity contribution < 1.29 is 33.4 Å². The number of nitrogens with zero attached hydrogens (tertiary/aromatic N) is 18. The lowest BCUT2D eigenvalue weighted by Crippen LogP contribution is -2.39. The summed E-state index contributed by atoms with van der Waals surface area (Å²) in [4.78, 5) is 154. The Morgan fingerprint density at radius 3 is 0.919 bits per heavy atom. The van der Waals surface area contributed by atoms with Crippen molar-refractivity contribution in [2.45, 2.75) is 134 Å². The van der Waals surface area contributed by atoms with Gasteiger partial charge in [0.05, 0.1) is 111 Å². The van der Waals surface area contributed by atoms with Crippen LogP contribution in [0, 0.1) is 12.3 Å². The molecule has 16 aromatic heterocycles. The van der Waals surface area contributed by atoms with E-state index in [1.165, 1.54) is 58.8 Å². The molecule has 2 saturated heterocycles. The van der Waals surface area contributed by atoms with E-state index < -0.39 is 0 Å². The van der Waals surface area contributed by atoms with Crippen molar-refractivity contribution in [3.8, 4) is 12.3 Å². The maximum atomic E-state index is 11.9. The number of aldehydes is 5. The van der Waals surface area contributed by atoms with Crippen molar-refractivity contribution in [1.29, 1.82) is 0 Å². The highest BCUT2D eigenvalue weighted by atomic mass is 32.2. The van der Waals surface area contributed by atoms with Gasteiger partial charge in [-0.2, -0.15) is 0 Å². The number of nitrogens with one attached hydrogen (secondary N) is 10. The molecule has 35 nitrogen and oxygen atoms in total. The van der Waals surface area contributed by atoms with E-state index in [1.54, 1.807) is 69.1 Å². The molecule has 0 aliphatic carbocycles.